The number of nitrogens with zero attached hydrogens (tertiary/aromatic N) is 2. The fourth-order valence-corrected chi connectivity index (χ4v) is 1.13. The van der Waals surface area contributed by atoms with E-state index in [1.807, 2.05) is 6.07 Å². The van der Waals surface area contributed by atoms with Crippen LogP contribution in [0.5, 0.6) is 0 Å². The van der Waals surface area contributed by atoms with Gasteiger partial charge in [0.05, 0.1) is 25.1 Å². The normalized spacial score (nSPS) is 10.7. The summed E-state index contributed by atoms with van der Waals surface area (Å²) in [5.74, 6) is 0. The van der Waals surface area contributed by atoms with E-state index in [4.69, 9.17) is 9.68 Å². The first-order valence-corrected chi connectivity index (χ1v) is 4.36. The molecule has 0 fully saturated rings. The van der Waals surface area contributed by atoms with Crippen LogP contribution in [0.4, 0.5) is 0 Å². The van der Waals surface area contributed by atoms with Crippen molar-refractivity contribution in [1.29, 1.82) is 5.26 Å². The maximum atomic E-state index is 8.60. The van der Waals surface area contributed by atoms with Crippen molar-refractivity contribution in [3.63, 3.8) is 0 Å². The Hall–Kier alpha value is -1.27. The van der Waals surface area contributed by atoms with Crippen molar-refractivity contribution in [2.24, 2.45) is 0 Å². The number of nitriles is 1. The van der Waals surface area contributed by atoms with Crippen molar-refractivity contribution in [3.05, 3.63) is 24.2 Å². The van der Waals surface area contributed by atoms with Crippen LogP contribution < -0.4 is 0 Å². The summed E-state index contributed by atoms with van der Waals surface area (Å²) in [5.41, 5.74) is 1.11. The van der Waals surface area contributed by atoms with Crippen molar-refractivity contribution < 1.29 is 4.42 Å². The van der Waals surface area contributed by atoms with E-state index < -0.39 is 0 Å². The second-order valence-corrected chi connectivity index (χ2v) is 3.29. The Balaban J connectivity index is 2.53. The van der Waals surface area contributed by atoms with Gasteiger partial charge in [0, 0.05) is 18.2 Å². The Bertz CT molecular complexity index is 272. The molecule has 0 radical (unpaired) electrons. The molecule has 0 spiro atoms. The summed E-state index contributed by atoms with van der Waals surface area (Å²) in [6, 6.07) is 4.46. The van der Waals surface area contributed by atoms with E-state index in [2.05, 4.69) is 24.8 Å². The molecule has 13 heavy (non-hydrogen) atoms. The van der Waals surface area contributed by atoms with Crippen molar-refractivity contribution in [2.75, 3.05) is 6.54 Å². The molecule has 0 amide bonds. The third-order valence-corrected chi connectivity index (χ3v) is 1.97. The first kappa shape index (κ1) is 9.82. The van der Waals surface area contributed by atoms with E-state index in [1.165, 1.54) is 0 Å². The van der Waals surface area contributed by atoms with Gasteiger partial charge < -0.3 is 4.42 Å². The second kappa shape index (κ2) is 4.68. The number of rotatable bonds is 4. The summed E-state index contributed by atoms with van der Waals surface area (Å²) in [5, 5.41) is 8.60. The smallest absolute Gasteiger partial charge is 0.0947 e. The van der Waals surface area contributed by atoms with Crippen LogP contribution >= 0.6 is 0 Å². The molecule has 1 rings (SSSR count). The molecule has 0 bridgehead atoms. The van der Waals surface area contributed by atoms with Crippen molar-refractivity contribution >= 4 is 0 Å². The topological polar surface area (TPSA) is 40.2 Å². The van der Waals surface area contributed by atoms with E-state index in [0.29, 0.717) is 12.6 Å². The van der Waals surface area contributed by atoms with Crippen LogP contribution in [0.15, 0.2) is 23.0 Å². The molecule has 1 aromatic rings. The Morgan fingerprint density at radius 1 is 1.62 bits per heavy atom. The van der Waals surface area contributed by atoms with Gasteiger partial charge in [-0.3, -0.25) is 4.90 Å². The zero-order valence-corrected chi connectivity index (χ0v) is 8.03. The highest BCUT2D eigenvalue weighted by Gasteiger charge is 2.09. The summed E-state index contributed by atoms with van der Waals surface area (Å²) >= 11 is 0. The summed E-state index contributed by atoms with van der Waals surface area (Å²) in [4.78, 5) is 2.09. The molecule has 0 N–H and O–H groups in total. The molecule has 0 aromatic carbocycles. The van der Waals surface area contributed by atoms with Gasteiger partial charge in [-0.2, -0.15) is 5.26 Å². The molecule has 1 aromatic heterocycles. The largest absolute Gasteiger partial charge is 0.472 e. The lowest BCUT2D eigenvalue weighted by molar-refractivity contribution is 0.239. The number of hydrogen-bond acceptors (Lipinski definition) is 3. The van der Waals surface area contributed by atoms with Gasteiger partial charge in [0.2, 0.25) is 0 Å². The molecule has 0 unspecified atom stereocenters. The monoisotopic (exact) mass is 178 g/mol. The fourth-order valence-electron chi connectivity index (χ4n) is 1.13. The fraction of sp³-hybridized carbons (Fsp3) is 0.500. The third-order valence-electron chi connectivity index (χ3n) is 1.97. The Kier molecular flexibility index (Phi) is 3.53. The molecule has 3 nitrogen and oxygen atoms in total. The van der Waals surface area contributed by atoms with Gasteiger partial charge in [0.1, 0.15) is 0 Å². The minimum Gasteiger partial charge on any atom is -0.472 e. The van der Waals surface area contributed by atoms with Crippen molar-refractivity contribution in [2.45, 2.75) is 26.4 Å². The zero-order valence-electron chi connectivity index (χ0n) is 8.03. The first-order valence-electron chi connectivity index (χ1n) is 4.36. The van der Waals surface area contributed by atoms with Crippen LogP contribution in [0.25, 0.3) is 0 Å². The van der Waals surface area contributed by atoms with E-state index >= 15 is 0 Å². The second-order valence-electron chi connectivity index (χ2n) is 3.29. The lowest BCUT2D eigenvalue weighted by Gasteiger charge is -2.22. The van der Waals surface area contributed by atoms with Gasteiger partial charge in [-0.25, -0.2) is 0 Å². The molecular weight excluding hydrogens is 164 g/mol. The maximum Gasteiger partial charge on any atom is 0.0947 e. The SMILES string of the molecule is CC(C)N(CC#N)Cc1ccoc1. The van der Waals surface area contributed by atoms with Crippen LogP contribution in [0, 0.1) is 11.3 Å². The Morgan fingerprint density at radius 3 is 2.85 bits per heavy atom. The van der Waals surface area contributed by atoms with E-state index in [-0.39, 0.29) is 0 Å². The highest BCUT2D eigenvalue weighted by Crippen LogP contribution is 2.07. The van der Waals surface area contributed by atoms with E-state index in [0.717, 1.165) is 12.1 Å². The van der Waals surface area contributed by atoms with Crippen LogP contribution in [0.1, 0.15) is 19.4 Å². The lowest BCUT2D eigenvalue weighted by Crippen LogP contribution is -2.30. The molecule has 70 valence electrons. The van der Waals surface area contributed by atoms with Gasteiger partial charge in [0.15, 0.2) is 0 Å². The first-order chi connectivity index (χ1) is 6.24. The third kappa shape index (κ3) is 2.92. The molecule has 0 atom stereocenters. The Labute approximate surface area is 78.6 Å². The summed E-state index contributed by atoms with van der Waals surface area (Å²) in [6.07, 6.45) is 3.37. The average Bonchev–Trinajstić information content (AvgIpc) is 2.56. The van der Waals surface area contributed by atoms with Crippen molar-refractivity contribution in [3.8, 4) is 6.07 Å². The zero-order chi connectivity index (χ0) is 9.68. The molecule has 3 heteroatoms. The minimum atomic E-state index is 0.384. The van der Waals surface area contributed by atoms with Gasteiger partial charge in [-0.15, -0.1) is 0 Å². The van der Waals surface area contributed by atoms with Gasteiger partial charge in [-0.1, -0.05) is 0 Å². The number of furan rings is 1. The van der Waals surface area contributed by atoms with Crippen LogP contribution in [0.2, 0.25) is 0 Å². The highest BCUT2D eigenvalue weighted by atomic mass is 16.3. The maximum absolute atomic E-state index is 8.60. The molecule has 0 aliphatic heterocycles. The standard InChI is InChI=1S/C10H14N2O/c1-9(2)12(5-4-11)7-10-3-6-13-8-10/h3,6,8-9H,5,7H2,1-2H3. The van der Waals surface area contributed by atoms with Crippen LogP contribution in [0.3, 0.4) is 0 Å². The van der Waals surface area contributed by atoms with Crippen LogP contribution in [-0.2, 0) is 6.54 Å². The van der Waals surface area contributed by atoms with Gasteiger partial charge in [-0.05, 0) is 19.9 Å². The lowest BCUT2D eigenvalue weighted by atomic mass is 10.2. The highest BCUT2D eigenvalue weighted by molar-refractivity contribution is 5.05. The quantitative estimate of drug-likeness (QED) is 0.662. The summed E-state index contributed by atoms with van der Waals surface area (Å²) < 4.78 is 4.96. The summed E-state index contributed by atoms with van der Waals surface area (Å²) in [7, 11) is 0. The molecule has 0 aliphatic carbocycles. The summed E-state index contributed by atoms with van der Waals surface area (Å²) in [6.45, 7) is 5.40. The predicted octanol–water partition coefficient (Wildman–Crippen LogP) is 2.01. The van der Waals surface area contributed by atoms with E-state index in [1.54, 1.807) is 12.5 Å². The average molecular weight is 178 g/mol. The van der Waals surface area contributed by atoms with E-state index in [9.17, 15) is 0 Å². The Morgan fingerprint density at radius 2 is 2.38 bits per heavy atom. The number of hydrogen-bond donors (Lipinski definition) is 0. The van der Waals surface area contributed by atoms with Gasteiger partial charge >= 0.3 is 0 Å². The van der Waals surface area contributed by atoms with Gasteiger partial charge in [0.25, 0.3) is 0 Å². The minimum absolute atomic E-state index is 0.384. The van der Waals surface area contributed by atoms with Crippen molar-refractivity contribution in [1.82, 2.24) is 4.90 Å². The molecule has 0 aliphatic rings. The predicted molar refractivity (Wildman–Crippen MR) is 49.9 cm³/mol. The van der Waals surface area contributed by atoms with Crippen LogP contribution in [-0.4, -0.2) is 17.5 Å². The molecule has 0 saturated carbocycles. The molecular formula is C10H14N2O. The molecule has 0 saturated heterocycles. The molecule has 1 heterocycles.